The first-order valence-corrected chi connectivity index (χ1v) is 2.92. The summed E-state index contributed by atoms with van der Waals surface area (Å²) in [4.78, 5) is 0. The number of rotatable bonds is 1. The summed E-state index contributed by atoms with van der Waals surface area (Å²) >= 11 is 5.67. The van der Waals surface area contributed by atoms with Crippen molar-refractivity contribution >= 4 is 11.6 Å². The molecule has 1 radical (unpaired) electrons. The Morgan fingerprint density at radius 3 is 2.89 bits per heavy atom. The van der Waals surface area contributed by atoms with Crippen LogP contribution in [0.15, 0.2) is 18.2 Å². The second kappa shape index (κ2) is 2.74. The van der Waals surface area contributed by atoms with Crippen LogP contribution in [0.4, 0.5) is 0 Å². The molecule has 0 spiro atoms. The molecule has 1 nitrogen and oxygen atoms in total. The topological polar surface area (TPSA) is 9.23 Å². The van der Waals surface area contributed by atoms with Crippen molar-refractivity contribution in [3.8, 4) is 5.75 Å². The molecule has 0 N–H and O–H groups in total. The maximum absolute atomic E-state index is 5.67. The van der Waals surface area contributed by atoms with Crippen LogP contribution in [0.2, 0.25) is 5.02 Å². The lowest BCUT2D eigenvalue weighted by Gasteiger charge is -1.98. The Hall–Kier alpha value is -0.690. The van der Waals surface area contributed by atoms with Crippen LogP contribution in [-0.2, 0) is 0 Å². The SMILES string of the molecule is COc1cc[c]cc1Cl. The lowest BCUT2D eigenvalue weighted by atomic mass is 10.3. The highest BCUT2D eigenvalue weighted by Gasteiger charge is 1.93. The van der Waals surface area contributed by atoms with Crippen molar-refractivity contribution in [3.63, 3.8) is 0 Å². The minimum absolute atomic E-state index is 0.597. The summed E-state index contributed by atoms with van der Waals surface area (Å²) in [6.45, 7) is 0. The highest BCUT2D eigenvalue weighted by atomic mass is 35.5. The van der Waals surface area contributed by atoms with Crippen molar-refractivity contribution in [2.45, 2.75) is 0 Å². The zero-order chi connectivity index (χ0) is 6.69. The van der Waals surface area contributed by atoms with Crippen LogP contribution < -0.4 is 4.74 Å². The molecule has 2 heteroatoms. The van der Waals surface area contributed by atoms with Crippen LogP contribution in [0.25, 0.3) is 0 Å². The average molecular weight is 142 g/mol. The highest BCUT2D eigenvalue weighted by Crippen LogP contribution is 2.21. The molecule has 9 heavy (non-hydrogen) atoms. The molecule has 0 aliphatic carbocycles. The van der Waals surface area contributed by atoms with E-state index in [-0.39, 0.29) is 0 Å². The number of ether oxygens (including phenoxy) is 1. The second-order valence-electron chi connectivity index (χ2n) is 1.56. The third-order valence-corrected chi connectivity index (χ3v) is 1.29. The molecule has 0 bridgehead atoms. The van der Waals surface area contributed by atoms with Crippen LogP contribution in [-0.4, -0.2) is 7.11 Å². The molecular formula is C7H6ClO. The van der Waals surface area contributed by atoms with Gasteiger partial charge in [0.15, 0.2) is 0 Å². The first-order chi connectivity index (χ1) is 4.34. The van der Waals surface area contributed by atoms with Crippen molar-refractivity contribution in [3.05, 3.63) is 29.3 Å². The van der Waals surface area contributed by atoms with E-state index in [0.29, 0.717) is 10.8 Å². The van der Waals surface area contributed by atoms with Crippen molar-refractivity contribution in [1.29, 1.82) is 0 Å². The van der Waals surface area contributed by atoms with E-state index in [2.05, 4.69) is 6.07 Å². The van der Waals surface area contributed by atoms with Gasteiger partial charge in [-0.1, -0.05) is 17.7 Å². The summed E-state index contributed by atoms with van der Waals surface area (Å²) in [5, 5.41) is 0.597. The van der Waals surface area contributed by atoms with Gasteiger partial charge < -0.3 is 4.74 Å². The van der Waals surface area contributed by atoms with Gasteiger partial charge >= 0.3 is 0 Å². The molecule has 47 valence electrons. The fourth-order valence-electron chi connectivity index (χ4n) is 0.561. The zero-order valence-corrected chi connectivity index (χ0v) is 5.77. The molecule has 0 fully saturated rings. The van der Waals surface area contributed by atoms with Crippen molar-refractivity contribution in [2.24, 2.45) is 0 Å². The summed E-state index contributed by atoms with van der Waals surface area (Å²) in [5.74, 6) is 0.690. The molecule has 0 aliphatic heterocycles. The van der Waals surface area contributed by atoms with Gasteiger partial charge in [0.1, 0.15) is 5.75 Å². The summed E-state index contributed by atoms with van der Waals surface area (Å²) in [5.41, 5.74) is 0. The molecule has 0 aromatic heterocycles. The van der Waals surface area contributed by atoms with E-state index in [1.165, 1.54) is 0 Å². The average Bonchev–Trinajstić information content (AvgIpc) is 1.89. The van der Waals surface area contributed by atoms with Gasteiger partial charge in [-0.2, -0.15) is 0 Å². The van der Waals surface area contributed by atoms with Crippen LogP contribution in [0.1, 0.15) is 0 Å². The van der Waals surface area contributed by atoms with E-state index in [9.17, 15) is 0 Å². The van der Waals surface area contributed by atoms with E-state index in [4.69, 9.17) is 16.3 Å². The van der Waals surface area contributed by atoms with Crippen LogP contribution >= 0.6 is 11.6 Å². The monoisotopic (exact) mass is 141 g/mol. The minimum atomic E-state index is 0.597. The molecular weight excluding hydrogens is 136 g/mol. The van der Waals surface area contributed by atoms with Crippen molar-refractivity contribution in [1.82, 2.24) is 0 Å². The summed E-state index contributed by atoms with van der Waals surface area (Å²) < 4.78 is 4.89. The van der Waals surface area contributed by atoms with E-state index in [1.54, 1.807) is 25.3 Å². The Labute approximate surface area is 59.2 Å². The van der Waals surface area contributed by atoms with Gasteiger partial charge in [0.2, 0.25) is 0 Å². The molecule has 0 atom stereocenters. The van der Waals surface area contributed by atoms with E-state index in [1.807, 2.05) is 0 Å². The second-order valence-corrected chi connectivity index (χ2v) is 1.97. The number of hydrogen-bond donors (Lipinski definition) is 0. The maximum Gasteiger partial charge on any atom is 0.137 e. The maximum atomic E-state index is 5.67. The number of benzene rings is 1. The van der Waals surface area contributed by atoms with Gasteiger partial charge in [0.25, 0.3) is 0 Å². The first-order valence-electron chi connectivity index (χ1n) is 2.54. The summed E-state index contributed by atoms with van der Waals surface area (Å²) in [6.07, 6.45) is 0. The zero-order valence-electron chi connectivity index (χ0n) is 5.02. The van der Waals surface area contributed by atoms with Crippen LogP contribution in [0.3, 0.4) is 0 Å². The predicted octanol–water partition coefficient (Wildman–Crippen LogP) is 2.15. The fourth-order valence-corrected chi connectivity index (χ4v) is 0.764. The molecule has 0 unspecified atom stereocenters. The predicted molar refractivity (Wildman–Crippen MR) is 36.8 cm³/mol. The van der Waals surface area contributed by atoms with Crippen LogP contribution in [0.5, 0.6) is 5.75 Å². The molecule has 0 heterocycles. The van der Waals surface area contributed by atoms with Gasteiger partial charge in [-0.25, -0.2) is 0 Å². The molecule has 0 aliphatic rings. The standard InChI is InChI=1S/C7H6ClO/c1-9-7-5-3-2-4-6(7)8/h3-5H,1H3. The number of hydrogen-bond acceptors (Lipinski definition) is 1. The van der Waals surface area contributed by atoms with E-state index < -0.39 is 0 Å². The molecule has 1 rings (SSSR count). The normalized spacial score (nSPS) is 9.11. The summed E-state index contributed by atoms with van der Waals surface area (Å²) in [7, 11) is 1.58. The smallest absolute Gasteiger partial charge is 0.137 e. The molecule has 1 aromatic carbocycles. The van der Waals surface area contributed by atoms with Crippen molar-refractivity contribution in [2.75, 3.05) is 7.11 Å². The Bertz CT molecular complexity index is 198. The molecule has 1 aromatic rings. The third-order valence-electron chi connectivity index (χ3n) is 0.996. The van der Waals surface area contributed by atoms with Crippen LogP contribution in [0, 0.1) is 6.07 Å². The van der Waals surface area contributed by atoms with E-state index in [0.717, 1.165) is 0 Å². The van der Waals surface area contributed by atoms with E-state index >= 15 is 0 Å². The van der Waals surface area contributed by atoms with Gasteiger partial charge in [0, 0.05) is 0 Å². The Morgan fingerprint density at radius 2 is 2.44 bits per heavy atom. The highest BCUT2D eigenvalue weighted by molar-refractivity contribution is 6.32. The molecule has 0 amide bonds. The minimum Gasteiger partial charge on any atom is -0.495 e. The van der Waals surface area contributed by atoms with Gasteiger partial charge in [-0.3, -0.25) is 0 Å². The summed E-state index contributed by atoms with van der Waals surface area (Å²) in [6, 6.07) is 8.01. The molecule has 0 saturated carbocycles. The Morgan fingerprint density at radius 1 is 1.67 bits per heavy atom. The lowest BCUT2D eigenvalue weighted by Crippen LogP contribution is -1.81. The van der Waals surface area contributed by atoms with Gasteiger partial charge in [0.05, 0.1) is 12.1 Å². The third kappa shape index (κ3) is 1.36. The Balaban J connectivity index is 3.01. The van der Waals surface area contributed by atoms with Crippen molar-refractivity contribution < 1.29 is 4.74 Å². The number of halogens is 1. The van der Waals surface area contributed by atoms with Gasteiger partial charge in [-0.05, 0) is 18.2 Å². The number of methoxy groups -OCH3 is 1. The quantitative estimate of drug-likeness (QED) is 0.582. The first kappa shape index (κ1) is 6.43. The lowest BCUT2D eigenvalue weighted by molar-refractivity contribution is 0.415. The molecule has 0 saturated heterocycles. The van der Waals surface area contributed by atoms with Gasteiger partial charge in [-0.15, -0.1) is 0 Å². The fraction of sp³-hybridized carbons (Fsp3) is 0.143. The Kier molecular flexibility index (Phi) is 1.96. The largest absolute Gasteiger partial charge is 0.495 e.